The number of nitrogens with one attached hydrogen (secondary N) is 1. The molecule has 1 aromatic heterocycles. The van der Waals surface area contributed by atoms with Gasteiger partial charge in [-0.05, 0) is 24.8 Å². The lowest BCUT2D eigenvalue weighted by molar-refractivity contribution is 0.0947. The Labute approximate surface area is 106 Å². The number of thiophene rings is 1. The summed E-state index contributed by atoms with van der Waals surface area (Å²) in [6.07, 6.45) is -0.0532. The minimum absolute atomic E-state index is 0.291. The first kappa shape index (κ1) is 14.4. The van der Waals surface area contributed by atoms with Crippen molar-refractivity contribution in [2.75, 3.05) is 6.54 Å². The van der Waals surface area contributed by atoms with Crippen LogP contribution in [0.3, 0.4) is 0 Å². The van der Waals surface area contributed by atoms with Crippen LogP contribution in [0.15, 0.2) is 16.3 Å². The Hall–Kier alpha value is -0.660. The highest BCUT2D eigenvalue weighted by Crippen LogP contribution is 2.31. The summed E-state index contributed by atoms with van der Waals surface area (Å²) in [6.45, 7) is 1.95. The number of carbonyl (C=O) groups is 1. The van der Waals surface area contributed by atoms with Crippen LogP contribution in [-0.4, -0.2) is 29.4 Å². The van der Waals surface area contributed by atoms with Crippen LogP contribution in [0.4, 0.5) is 8.78 Å². The van der Waals surface area contributed by atoms with E-state index in [1.54, 1.807) is 12.3 Å². The van der Waals surface area contributed by atoms with Gasteiger partial charge >= 0.3 is 0 Å². The van der Waals surface area contributed by atoms with Gasteiger partial charge in [-0.15, -0.1) is 11.3 Å². The molecule has 0 aliphatic carbocycles. The van der Waals surface area contributed by atoms with Gasteiger partial charge in [0.1, 0.15) is 4.88 Å². The Balaban J connectivity index is 2.53. The van der Waals surface area contributed by atoms with E-state index in [0.717, 1.165) is 11.3 Å². The number of rotatable bonds is 6. The fourth-order valence-electron chi connectivity index (χ4n) is 1.13. The molecule has 0 radical (unpaired) electrons. The van der Waals surface area contributed by atoms with E-state index in [9.17, 15) is 13.6 Å². The lowest BCUT2D eigenvalue weighted by atomic mass is 10.3. The maximum atomic E-state index is 12.2. The third-order valence-corrected chi connectivity index (χ3v) is 3.71. The quantitative estimate of drug-likeness (QED) is 0.788. The average molecular weight is 281 g/mol. The van der Waals surface area contributed by atoms with Crippen LogP contribution in [0, 0.1) is 0 Å². The summed E-state index contributed by atoms with van der Waals surface area (Å²) < 4.78 is 24.4. The minimum atomic E-state index is -2.53. The highest BCUT2D eigenvalue weighted by atomic mass is 32.2. The van der Waals surface area contributed by atoms with E-state index < -0.39 is 11.9 Å². The smallest absolute Gasteiger partial charge is 0.288 e. The van der Waals surface area contributed by atoms with Crippen LogP contribution in [0.25, 0.3) is 0 Å². The topological polar surface area (TPSA) is 49.3 Å². The molecule has 1 heterocycles. The number of aliphatic hydroxyl groups excluding tert-OH is 1. The molecule has 1 unspecified atom stereocenters. The zero-order valence-corrected chi connectivity index (χ0v) is 10.8. The highest BCUT2D eigenvalue weighted by Gasteiger charge is 2.16. The maximum Gasteiger partial charge on any atom is 0.288 e. The second-order valence-electron chi connectivity index (χ2n) is 3.39. The predicted octanol–water partition coefficient (Wildman–Crippen LogP) is 2.56. The lowest BCUT2D eigenvalue weighted by Gasteiger charge is -2.07. The molecule has 0 fully saturated rings. The van der Waals surface area contributed by atoms with E-state index in [1.165, 1.54) is 6.07 Å². The van der Waals surface area contributed by atoms with Gasteiger partial charge in [-0.1, -0.05) is 11.8 Å². The first-order chi connectivity index (χ1) is 8.00. The zero-order valence-electron chi connectivity index (χ0n) is 9.15. The SMILES string of the molecule is CC(O)CCNC(=O)c1sccc1SC(F)F. The molecular formula is C10H13F2NO2S2. The average Bonchev–Trinajstić information content (AvgIpc) is 2.64. The minimum Gasteiger partial charge on any atom is -0.393 e. The Morgan fingerprint density at radius 2 is 2.35 bits per heavy atom. The maximum absolute atomic E-state index is 12.2. The van der Waals surface area contributed by atoms with Gasteiger partial charge in [-0.3, -0.25) is 4.79 Å². The van der Waals surface area contributed by atoms with Crippen LogP contribution in [-0.2, 0) is 0 Å². The number of aliphatic hydroxyl groups is 1. The Morgan fingerprint density at radius 3 is 2.94 bits per heavy atom. The summed E-state index contributed by atoms with van der Waals surface area (Å²) in [7, 11) is 0. The largest absolute Gasteiger partial charge is 0.393 e. The Bertz CT molecular complexity index is 369. The molecule has 7 heteroatoms. The molecule has 0 aliphatic heterocycles. The standard InChI is InChI=1S/C10H13F2NO2S2/c1-6(14)2-4-13-9(15)8-7(3-5-16-8)17-10(11)12/h3,5-6,10,14H,2,4H2,1H3,(H,13,15). The number of hydrogen-bond donors (Lipinski definition) is 2. The van der Waals surface area contributed by atoms with E-state index in [1.807, 2.05) is 0 Å². The summed E-state index contributed by atoms with van der Waals surface area (Å²) in [5.41, 5.74) is 0. The summed E-state index contributed by atoms with van der Waals surface area (Å²) in [5, 5.41) is 13.2. The molecule has 1 rings (SSSR count). The molecule has 0 aromatic carbocycles. The first-order valence-corrected chi connectivity index (χ1v) is 6.75. The molecule has 0 saturated carbocycles. The lowest BCUT2D eigenvalue weighted by Crippen LogP contribution is -2.26. The van der Waals surface area contributed by atoms with Gasteiger partial charge in [0.15, 0.2) is 0 Å². The van der Waals surface area contributed by atoms with Crippen molar-refractivity contribution in [1.82, 2.24) is 5.32 Å². The van der Waals surface area contributed by atoms with Gasteiger partial charge in [0.2, 0.25) is 0 Å². The van der Waals surface area contributed by atoms with Gasteiger partial charge in [0, 0.05) is 11.4 Å². The number of hydrogen-bond acceptors (Lipinski definition) is 4. The number of amides is 1. The summed E-state index contributed by atoms with van der Waals surface area (Å²) >= 11 is 1.50. The molecule has 96 valence electrons. The zero-order chi connectivity index (χ0) is 12.8. The fraction of sp³-hybridized carbons (Fsp3) is 0.500. The molecule has 0 aliphatic rings. The van der Waals surface area contributed by atoms with E-state index in [0.29, 0.717) is 34.5 Å². The van der Waals surface area contributed by atoms with Crippen molar-refractivity contribution in [3.8, 4) is 0 Å². The van der Waals surface area contributed by atoms with Gasteiger partial charge in [-0.2, -0.15) is 8.78 Å². The second-order valence-corrected chi connectivity index (χ2v) is 5.33. The van der Waals surface area contributed by atoms with Crippen molar-refractivity contribution in [3.63, 3.8) is 0 Å². The Kier molecular flexibility index (Phi) is 5.87. The van der Waals surface area contributed by atoms with Crippen molar-refractivity contribution in [3.05, 3.63) is 16.3 Å². The van der Waals surface area contributed by atoms with Crippen LogP contribution >= 0.6 is 23.1 Å². The van der Waals surface area contributed by atoms with Crippen LogP contribution in [0.5, 0.6) is 0 Å². The number of carbonyl (C=O) groups excluding carboxylic acids is 1. The van der Waals surface area contributed by atoms with E-state index in [-0.39, 0.29) is 5.91 Å². The first-order valence-electron chi connectivity index (χ1n) is 4.99. The van der Waals surface area contributed by atoms with Gasteiger partial charge < -0.3 is 10.4 Å². The van der Waals surface area contributed by atoms with Crippen molar-refractivity contribution >= 4 is 29.0 Å². The molecule has 1 aromatic rings. The predicted molar refractivity (Wildman–Crippen MR) is 64.8 cm³/mol. The third kappa shape index (κ3) is 5.01. The van der Waals surface area contributed by atoms with Crippen molar-refractivity contribution in [1.29, 1.82) is 0 Å². The molecule has 1 amide bonds. The van der Waals surface area contributed by atoms with Crippen LogP contribution in [0.2, 0.25) is 0 Å². The Morgan fingerprint density at radius 1 is 1.65 bits per heavy atom. The van der Waals surface area contributed by atoms with E-state index in [2.05, 4.69) is 5.32 Å². The molecule has 17 heavy (non-hydrogen) atoms. The number of halogens is 2. The van der Waals surface area contributed by atoms with E-state index in [4.69, 9.17) is 5.11 Å². The third-order valence-electron chi connectivity index (χ3n) is 1.90. The molecule has 0 bridgehead atoms. The molecule has 1 atom stereocenters. The van der Waals surface area contributed by atoms with Gasteiger partial charge in [0.05, 0.1) is 6.10 Å². The number of alkyl halides is 2. The molecule has 0 spiro atoms. The van der Waals surface area contributed by atoms with E-state index >= 15 is 0 Å². The summed E-state index contributed by atoms with van der Waals surface area (Å²) in [5.74, 6) is -2.91. The summed E-state index contributed by atoms with van der Waals surface area (Å²) in [4.78, 5) is 12.2. The highest BCUT2D eigenvalue weighted by molar-refractivity contribution is 7.99. The number of thioether (sulfide) groups is 1. The summed E-state index contributed by atoms with van der Waals surface area (Å²) in [6, 6.07) is 1.51. The normalized spacial score (nSPS) is 12.8. The van der Waals surface area contributed by atoms with Crippen molar-refractivity contribution < 1.29 is 18.7 Å². The van der Waals surface area contributed by atoms with Crippen molar-refractivity contribution in [2.45, 2.75) is 30.1 Å². The molecular weight excluding hydrogens is 268 g/mol. The fourth-order valence-corrected chi connectivity index (χ4v) is 2.74. The van der Waals surface area contributed by atoms with Gasteiger partial charge in [-0.25, -0.2) is 0 Å². The molecule has 0 saturated heterocycles. The van der Waals surface area contributed by atoms with Crippen LogP contribution in [0.1, 0.15) is 23.0 Å². The van der Waals surface area contributed by atoms with Crippen molar-refractivity contribution in [2.24, 2.45) is 0 Å². The van der Waals surface area contributed by atoms with Crippen LogP contribution < -0.4 is 5.32 Å². The monoisotopic (exact) mass is 281 g/mol. The molecule has 2 N–H and O–H groups in total. The van der Waals surface area contributed by atoms with Gasteiger partial charge in [0.25, 0.3) is 11.7 Å². The molecule has 3 nitrogen and oxygen atoms in total. The second kappa shape index (κ2) is 6.93.